The van der Waals surface area contributed by atoms with E-state index in [0.717, 1.165) is 0 Å². The molecule has 9 N–H and O–H groups in total. The van der Waals surface area contributed by atoms with Crippen molar-refractivity contribution in [3.8, 4) is 16.9 Å². The van der Waals surface area contributed by atoms with Crippen LogP contribution in [0.5, 0.6) is 5.75 Å². The van der Waals surface area contributed by atoms with Gasteiger partial charge in [0.15, 0.2) is 0 Å². The van der Waals surface area contributed by atoms with E-state index in [-0.39, 0.29) is 23.3 Å². The molecule has 10 unspecified atom stereocenters. The fourth-order valence-electron chi connectivity index (χ4n) is 5.41. The van der Waals surface area contributed by atoms with Crippen molar-refractivity contribution >= 4 is 11.8 Å². The van der Waals surface area contributed by atoms with Crippen LogP contribution in [0.2, 0.25) is 0 Å². The number of ether oxygens (including phenoxy) is 3. The van der Waals surface area contributed by atoms with Crippen molar-refractivity contribution in [1.29, 1.82) is 0 Å². The first-order chi connectivity index (χ1) is 20.5. The number of benzene rings is 2. The molecule has 2 aromatic carbocycles. The monoisotopic (exact) mass is 606 g/mol. The van der Waals surface area contributed by atoms with Crippen LogP contribution in [0.15, 0.2) is 42.5 Å². The van der Waals surface area contributed by atoms with E-state index in [9.17, 15) is 45.3 Å². The number of aliphatic hydroxyl groups is 7. The van der Waals surface area contributed by atoms with Crippen LogP contribution in [0, 0.1) is 5.92 Å². The van der Waals surface area contributed by atoms with Crippen molar-refractivity contribution in [3.05, 3.63) is 53.6 Å². The van der Waals surface area contributed by atoms with Gasteiger partial charge in [-0.15, -0.1) is 0 Å². The molecule has 10 atom stereocenters. The van der Waals surface area contributed by atoms with E-state index in [0.29, 0.717) is 11.1 Å². The van der Waals surface area contributed by atoms with Gasteiger partial charge < -0.3 is 60.6 Å². The summed E-state index contributed by atoms with van der Waals surface area (Å²) < 4.78 is 17.2. The number of carbonyl (C=O) groups is 2. The normalized spacial score (nSPS) is 32.6. The first-order valence-electron chi connectivity index (χ1n) is 13.8. The Kier molecular flexibility index (Phi) is 10.7. The molecule has 2 saturated heterocycles. The lowest BCUT2D eigenvalue weighted by Gasteiger charge is -2.46. The van der Waals surface area contributed by atoms with E-state index in [1.807, 2.05) is 0 Å². The molecule has 2 heterocycles. The lowest BCUT2D eigenvalue weighted by atomic mass is 9.81. The Balaban J connectivity index is 1.58. The summed E-state index contributed by atoms with van der Waals surface area (Å²) in [6, 6.07) is 11.2. The molecule has 2 fully saturated rings. The van der Waals surface area contributed by atoms with Gasteiger partial charge in [-0.3, -0.25) is 9.59 Å². The second-order valence-corrected chi connectivity index (χ2v) is 10.6. The molecular weight excluding hydrogens is 568 g/mol. The predicted molar refractivity (Wildman–Crippen MR) is 149 cm³/mol. The number of carbonyl (C=O) groups excluding carboxylic acids is 2. The number of hydrogen-bond acceptors (Lipinski definition) is 12. The van der Waals surface area contributed by atoms with E-state index in [2.05, 4.69) is 10.6 Å². The highest BCUT2D eigenvalue weighted by Crippen LogP contribution is 2.35. The third-order valence-electron chi connectivity index (χ3n) is 7.85. The van der Waals surface area contributed by atoms with Gasteiger partial charge in [-0.25, -0.2) is 0 Å². The van der Waals surface area contributed by atoms with Crippen molar-refractivity contribution in [2.45, 2.75) is 61.5 Å². The summed E-state index contributed by atoms with van der Waals surface area (Å²) in [6.07, 6.45) is -12.9. The number of rotatable bonds is 9. The molecule has 14 heteroatoms. The van der Waals surface area contributed by atoms with Crippen molar-refractivity contribution in [1.82, 2.24) is 10.6 Å². The minimum Gasteiger partial charge on any atom is -0.462 e. The van der Waals surface area contributed by atoms with Gasteiger partial charge in [-0.05, 0) is 47.9 Å². The smallest absolute Gasteiger partial charge is 0.251 e. The Morgan fingerprint density at radius 1 is 0.721 bits per heavy atom. The summed E-state index contributed by atoms with van der Waals surface area (Å²) in [5.41, 5.74) is 1.60. The summed E-state index contributed by atoms with van der Waals surface area (Å²) in [4.78, 5) is 24.7. The highest BCUT2D eigenvalue weighted by molar-refractivity contribution is 6.01. The van der Waals surface area contributed by atoms with E-state index in [1.165, 1.54) is 20.2 Å². The maximum absolute atomic E-state index is 12.4. The lowest BCUT2D eigenvalue weighted by Crippen LogP contribution is -2.62. The molecule has 43 heavy (non-hydrogen) atoms. The van der Waals surface area contributed by atoms with Crippen LogP contribution in [0.4, 0.5) is 0 Å². The number of hydrogen-bond donors (Lipinski definition) is 9. The average Bonchev–Trinajstić information content (AvgIpc) is 3.03. The van der Waals surface area contributed by atoms with Crippen molar-refractivity contribution < 1.29 is 59.5 Å². The molecule has 2 aromatic rings. The van der Waals surface area contributed by atoms with Crippen molar-refractivity contribution in [2.24, 2.45) is 5.92 Å². The number of nitrogens with one attached hydrogen (secondary N) is 2. The van der Waals surface area contributed by atoms with Crippen LogP contribution in [0.25, 0.3) is 11.1 Å². The first kappa shape index (κ1) is 32.7. The molecule has 2 amide bonds. The third kappa shape index (κ3) is 6.98. The van der Waals surface area contributed by atoms with E-state index < -0.39 is 86.1 Å². The molecule has 0 spiro atoms. The van der Waals surface area contributed by atoms with Gasteiger partial charge in [0, 0.05) is 31.1 Å². The van der Waals surface area contributed by atoms with Gasteiger partial charge in [-0.2, -0.15) is 0 Å². The summed E-state index contributed by atoms with van der Waals surface area (Å²) >= 11 is 0. The fourth-order valence-corrected chi connectivity index (χ4v) is 5.41. The highest BCUT2D eigenvalue weighted by Gasteiger charge is 2.50. The zero-order chi connectivity index (χ0) is 31.4. The lowest BCUT2D eigenvalue weighted by molar-refractivity contribution is -0.278. The van der Waals surface area contributed by atoms with Gasteiger partial charge in [0.25, 0.3) is 11.8 Å². The Hall–Kier alpha value is -3.18. The van der Waals surface area contributed by atoms with Crippen molar-refractivity contribution in [2.75, 3.05) is 27.3 Å². The van der Waals surface area contributed by atoms with E-state index >= 15 is 0 Å². The average molecular weight is 607 g/mol. The molecule has 2 aliphatic rings. The Bertz CT molecular complexity index is 1240. The largest absolute Gasteiger partial charge is 0.462 e. The molecule has 2 aliphatic heterocycles. The van der Waals surface area contributed by atoms with Crippen LogP contribution in [0.3, 0.4) is 0 Å². The molecule has 0 saturated carbocycles. The van der Waals surface area contributed by atoms with Gasteiger partial charge >= 0.3 is 0 Å². The maximum atomic E-state index is 12.4. The summed E-state index contributed by atoms with van der Waals surface area (Å²) in [7, 11) is 2.94. The Labute approximate surface area is 247 Å². The van der Waals surface area contributed by atoms with Gasteiger partial charge in [0.05, 0.1) is 25.4 Å². The summed E-state index contributed by atoms with van der Waals surface area (Å²) in [5.74, 6) is -1.65. The molecule has 0 bridgehead atoms. The van der Waals surface area contributed by atoms with Crippen LogP contribution < -0.4 is 15.4 Å². The standard InChI is InChI=1S/C29H38N2O12/c1-30-27(39)15-6-14(7-16(8-15)28(40)31-2)13-4-3-5-17(9-13)41-29-23(35)18(22(34)20(11-32)43-29)10-19-24(36)26(38)25(37)21(12-33)42-19/h3-9,18-26,29,32-38H,10-12H2,1-2H3,(H,30,39)(H,31,40). The second-order valence-electron chi connectivity index (χ2n) is 10.6. The van der Waals surface area contributed by atoms with Gasteiger partial charge in [0.1, 0.15) is 42.4 Å². The Morgan fingerprint density at radius 3 is 1.88 bits per heavy atom. The third-order valence-corrected chi connectivity index (χ3v) is 7.85. The van der Waals surface area contributed by atoms with Crippen LogP contribution in [0.1, 0.15) is 27.1 Å². The molecule has 0 aromatic heterocycles. The molecule has 0 radical (unpaired) electrons. The van der Waals surface area contributed by atoms with Gasteiger partial charge in [0.2, 0.25) is 6.29 Å². The van der Waals surface area contributed by atoms with Crippen molar-refractivity contribution in [3.63, 3.8) is 0 Å². The SMILES string of the molecule is CNC(=O)c1cc(C(=O)NC)cc(-c2cccc(OC3OC(CO)C(O)C(CC4OC(CO)C(O)C(O)C4O)C3O)c2)c1. The molecule has 0 aliphatic carbocycles. The molecular formula is C29H38N2O12. The van der Waals surface area contributed by atoms with Crippen LogP contribution >= 0.6 is 0 Å². The summed E-state index contributed by atoms with van der Waals surface area (Å²) in [6.45, 7) is -1.27. The van der Waals surface area contributed by atoms with E-state index in [4.69, 9.17) is 14.2 Å². The van der Waals surface area contributed by atoms with Crippen LogP contribution in [-0.2, 0) is 9.47 Å². The first-order valence-corrected chi connectivity index (χ1v) is 13.8. The summed E-state index contributed by atoms with van der Waals surface area (Å²) in [5, 5.41) is 77.2. The minimum absolute atomic E-state index is 0.216. The number of aliphatic hydroxyl groups excluding tert-OH is 7. The quantitative estimate of drug-likeness (QED) is 0.147. The fraction of sp³-hybridized carbons (Fsp3) is 0.517. The van der Waals surface area contributed by atoms with Gasteiger partial charge in [-0.1, -0.05) is 12.1 Å². The minimum atomic E-state index is -1.64. The predicted octanol–water partition coefficient (Wildman–Crippen LogP) is -2.26. The zero-order valence-electron chi connectivity index (χ0n) is 23.6. The number of amides is 2. The van der Waals surface area contributed by atoms with E-state index in [1.54, 1.807) is 36.4 Å². The Morgan fingerprint density at radius 2 is 1.30 bits per heavy atom. The molecule has 4 rings (SSSR count). The topological polar surface area (TPSA) is 227 Å². The molecule has 236 valence electrons. The molecule has 14 nitrogen and oxygen atoms in total. The highest BCUT2D eigenvalue weighted by atomic mass is 16.7. The second kappa shape index (κ2) is 14.1. The maximum Gasteiger partial charge on any atom is 0.251 e. The zero-order valence-corrected chi connectivity index (χ0v) is 23.6. The van der Waals surface area contributed by atoms with Crippen LogP contribution in [-0.4, -0.2) is 130 Å².